The molecule has 0 aliphatic carbocycles. The van der Waals surface area contributed by atoms with Gasteiger partial charge in [0.05, 0.1) is 18.4 Å². The van der Waals surface area contributed by atoms with Gasteiger partial charge in [-0.25, -0.2) is 9.97 Å². The van der Waals surface area contributed by atoms with Crippen LogP contribution in [0.25, 0.3) is 11.1 Å². The van der Waals surface area contributed by atoms with Crippen molar-refractivity contribution in [2.24, 2.45) is 5.92 Å². The molecule has 2 aliphatic rings. The molecule has 37 heavy (non-hydrogen) atoms. The Hall–Kier alpha value is -2.50. The maximum atomic E-state index is 12.8. The van der Waals surface area contributed by atoms with Crippen molar-refractivity contribution >= 4 is 28.2 Å². The average molecular weight is 538 g/mol. The van der Waals surface area contributed by atoms with Gasteiger partial charge in [0.2, 0.25) is 0 Å². The number of aromatic nitrogens is 2. The van der Waals surface area contributed by atoms with Crippen molar-refractivity contribution < 1.29 is 31.9 Å². The van der Waals surface area contributed by atoms with Crippen LogP contribution in [0.15, 0.2) is 22.6 Å². The Labute approximate surface area is 217 Å². The lowest BCUT2D eigenvalue weighted by molar-refractivity contribution is -0.153. The first-order valence-electron chi connectivity index (χ1n) is 12.6. The zero-order chi connectivity index (χ0) is 26.0. The van der Waals surface area contributed by atoms with Gasteiger partial charge < -0.3 is 18.8 Å². The van der Waals surface area contributed by atoms with Crippen LogP contribution in [-0.2, 0) is 17.6 Å². The van der Waals surface area contributed by atoms with Gasteiger partial charge in [-0.2, -0.15) is 13.2 Å². The van der Waals surface area contributed by atoms with Crippen molar-refractivity contribution in [2.75, 3.05) is 32.8 Å². The lowest BCUT2D eigenvalue weighted by Gasteiger charge is -2.30. The molecule has 2 aliphatic heterocycles. The van der Waals surface area contributed by atoms with E-state index in [9.17, 15) is 18.0 Å². The van der Waals surface area contributed by atoms with Gasteiger partial charge in [0.15, 0.2) is 23.9 Å². The molecule has 0 unspecified atom stereocenters. The second-order valence-corrected chi connectivity index (χ2v) is 10.9. The first kappa shape index (κ1) is 26.1. The van der Waals surface area contributed by atoms with Crippen molar-refractivity contribution in [1.82, 2.24) is 14.9 Å². The van der Waals surface area contributed by atoms with Crippen LogP contribution in [0.5, 0.6) is 5.19 Å². The van der Waals surface area contributed by atoms with E-state index < -0.39 is 12.8 Å². The molecular weight excluding hydrogens is 507 g/mol. The maximum Gasteiger partial charge on any atom is 0.422 e. The van der Waals surface area contributed by atoms with E-state index in [1.807, 2.05) is 12.1 Å². The van der Waals surface area contributed by atoms with Crippen molar-refractivity contribution in [2.45, 2.75) is 57.7 Å². The molecule has 0 saturated carbocycles. The number of alkyl halides is 3. The van der Waals surface area contributed by atoms with Gasteiger partial charge in [-0.15, -0.1) is 0 Å². The van der Waals surface area contributed by atoms with Crippen LogP contribution in [0, 0.1) is 12.8 Å². The van der Waals surface area contributed by atoms with E-state index in [4.69, 9.17) is 13.9 Å². The molecule has 0 N–H and O–H groups in total. The lowest BCUT2D eigenvalue weighted by atomic mass is 9.91. The number of carbonyl (C=O) groups excluding carboxylic acids is 1. The standard InChI is InChI=1S/C26H30F3N3O4S/c1-16-30-20-5-3-18(13-23(20)36-16)22(33)12-17-2-4-19(34-14-17)6-9-32-10-7-21-24(8-11-32)37-25(31-21)35-15-26(27,28)29/h3,5,13,17,19H,2,4,6-12,14-15H2,1H3/t17-,19-/m1/s1. The predicted octanol–water partition coefficient (Wildman–Crippen LogP) is 5.39. The fourth-order valence-corrected chi connectivity index (χ4v) is 5.93. The summed E-state index contributed by atoms with van der Waals surface area (Å²) in [5.41, 5.74) is 2.89. The molecule has 0 amide bonds. The topological polar surface area (TPSA) is 77.7 Å². The largest absolute Gasteiger partial charge is 0.460 e. The number of ketones is 1. The first-order valence-corrected chi connectivity index (χ1v) is 13.5. The van der Waals surface area contributed by atoms with Crippen LogP contribution in [-0.4, -0.2) is 65.8 Å². The Morgan fingerprint density at radius 1 is 1.22 bits per heavy atom. The zero-order valence-electron chi connectivity index (χ0n) is 20.7. The predicted molar refractivity (Wildman–Crippen MR) is 132 cm³/mol. The molecule has 0 spiro atoms. The summed E-state index contributed by atoms with van der Waals surface area (Å²) in [7, 11) is 0. The molecule has 2 atom stereocenters. The SMILES string of the molecule is Cc1nc2ccc(C(=O)C[C@H]3CC[C@H](CCN4CCc5nc(OCC(F)(F)F)sc5CC4)OC3)cc2o1. The molecule has 3 aromatic rings. The van der Waals surface area contributed by atoms with Gasteiger partial charge in [-0.1, -0.05) is 11.3 Å². The van der Waals surface area contributed by atoms with Crippen LogP contribution in [0.4, 0.5) is 13.2 Å². The van der Waals surface area contributed by atoms with E-state index in [-0.39, 0.29) is 23.0 Å². The quantitative estimate of drug-likeness (QED) is 0.357. The molecule has 1 fully saturated rings. The van der Waals surface area contributed by atoms with E-state index in [1.165, 1.54) is 11.3 Å². The number of benzene rings is 1. The monoisotopic (exact) mass is 537 g/mol. The summed E-state index contributed by atoms with van der Waals surface area (Å²) in [6.07, 6.45) is 0.558. The highest BCUT2D eigenvalue weighted by Gasteiger charge is 2.30. The van der Waals surface area contributed by atoms with Gasteiger partial charge in [-0.3, -0.25) is 4.79 Å². The van der Waals surface area contributed by atoms with Crippen LogP contribution >= 0.6 is 11.3 Å². The van der Waals surface area contributed by atoms with Crippen molar-refractivity contribution in [3.63, 3.8) is 0 Å². The Bertz CT molecular complexity index is 1210. The highest BCUT2D eigenvalue weighted by Crippen LogP contribution is 2.30. The van der Waals surface area contributed by atoms with Crippen LogP contribution < -0.4 is 4.74 Å². The summed E-state index contributed by atoms with van der Waals surface area (Å²) in [5, 5.41) is 0.105. The molecule has 0 bridgehead atoms. The maximum absolute atomic E-state index is 12.8. The van der Waals surface area contributed by atoms with Gasteiger partial charge in [0, 0.05) is 49.8 Å². The third-order valence-corrected chi connectivity index (χ3v) is 8.03. The number of aryl methyl sites for hydroxylation is 1. The zero-order valence-corrected chi connectivity index (χ0v) is 21.5. The Kier molecular flexibility index (Phi) is 7.83. The van der Waals surface area contributed by atoms with Crippen LogP contribution in [0.3, 0.4) is 0 Å². The molecule has 7 nitrogen and oxygen atoms in total. The van der Waals surface area contributed by atoms with Gasteiger partial charge in [0.1, 0.15) is 5.52 Å². The van der Waals surface area contributed by atoms with Gasteiger partial charge >= 0.3 is 6.18 Å². The third kappa shape index (κ3) is 6.88. The number of halogens is 3. The number of carbonyl (C=O) groups is 1. The van der Waals surface area contributed by atoms with Gasteiger partial charge in [-0.05, 0) is 49.8 Å². The normalized spacial score (nSPS) is 21.1. The van der Waals surface area contributed by atoms with Crippen LogP contribution in [0.1, 0.15) is 52.5 Å². The number of fused-ring (bicyclic) bond motifs is 2. The van der Waals surface area contributed by atoms with E-state index >= 15 is 0 Å². The van der Waals surface area contributed by atoms with Crippen molar-refractivity contribution in [1.29, 1.82) is 0 Å². The second-order valence-electron chi connectivity index (χ2n) is 9.83. The van der Waals surface area contributed by atoms with Crippen LogP contribution in [0.2, 0.25) is 0 Å². The molecule has 4 heterocycles. The summed E-state index contributed by atoms with van der Waals surface area (Å²) < 4.78 is 53.6. The average Bonchev–Trinajstić information content (AvgIpc) is 3.38. The summed E-state index contributed by atoms with van der Waals surface area (Å²) in [4.78, 5) is 24.7. The number of hydrogen-bond acceptors (Lipinski definition) is 8. The Morgan fingerprint density at radius 2 is 2.05 bits per heavy atom. The summed E-state index contributed by atoms with van der Waals surface area (Å²) in [5.74, 6) is 0.897. The number of nitrogens with zero attached hydrogens (tertiary/aromatic N) is 3. The van der Waals surface area contributed by atoms with E-state index in [0.29, 0.717) is 36.5 Å². The fourth-order valence-electron chi connectivity index (χ4n) is 4.98. The molecule has 2 aromatic heterocycles. The minimum absolute atomic E-state index is 0.0978. The van der Waals surface area contributed by atoms with Crippen molar-refractivity contribution in [3.8, 4) is 5.19 Å². The molecule has 11 heteroatoms. The molecule has 0 radical (unpaired) electrons. The van der Waals surface area contributed by atoms with E-state index in [2.05, 4.69) is 14.9 Å². The minimum Gasteiger partial charge on any atom is -0.460 e. The number of oxazole rings is 1. The van der Waals surface area contributed by atoms with E-state index in [0.717, 1.165) is 61.4 Å². The molecule has 5 rings (SSSR count). The molecule has 200 valence electrons. The second kappa shape index (κ2) is 11.1. The highest BCUT2D eigenvalue weighted by atomic mass is 32.1. The number of hydrogen-bond donors (Lipinski definition) is 0. The van der Waals surface area contributed by atoms with Gasteiger partial charge in [0.25, 0.3) is 5.19 Å². The Balaban J connectivity index is 1.03. The number of thiazole rings is 1. The summed E-state index contributed by atoms with van der Waals surface area (Å²) >= 11 is 1.22. The van der Waals surface area contributed by atoms with Crippen molar-refractivity contribution in [3.05, 3.63) is 40.2 Å². The number of Topliss-reactive ketones (excluding diaryl/α,β-unsaturated/α-hetero) is 1. The van der Waals surface area contributed by atoms with E-state index in [1.54, 1.807) is 13.0 Å². The Morgan fingerprint density at radius 3 is 2.84 bits per heavy atom. The lowest BCUT2D eigenvalue weighted by Crippen LogP contribution is -2.33. The third-order valence-electron chi connectivity index (χ3n) is 6.96. The molecule has 1 saturated heterocycles. The number of ether oxygens (including phenoxy) is 2. The smallest absolute Gasteiger partial charge is 0.422 e. The first-order chi connectivity index (χ1) is 17.7. The highest BCUT2D eigenvalue weighted by molar-refractivity contribution is 7.13. The minimum atomic E-state index is -4.36. The number of rotatable bonds is 8. The molecule has 1 aromatic carbocycles. The molecular formula is C26H30F3N3O4S. The fraction of sp³-hybridized carbons (Fsp3) is 0.577. The summed E-state index contributed by atoms with van der Waals surface area (Å²) in [6, 6.07) is 5.41. The summed E-state index contributed by atoms with van der Waals surface area (Å²) in [6.45, 7) is 3.62.